The third-order valence-corrected chi connectivity index (χ3v) is 4.71. The Morgan fingerprint density at radius 3 is 1.73 bits per heavy atom. The lowest BCUT2D eigenvalue weighted by molar-refractivity contribution is 0.590. The predicted molar refractivity (Wildman–Crippen MR) is 101 cm³/mol. The van der Waals surface area contributed by atoms with Crippen molar-refractivity contribution in [1.29, 1.82) is 0 Å². The van der Waals surface area contributed by atoms with Crippen molar-refractivity contribution in [1.82, 2.24) is 0 Å². The fraction of sp³-hybridized carbons (Fsp3) is 0.400. The van der Waals surface area contributed by atoms with Crippen LogP contribution in [0.15, 0.2) is 40.9 Å². The fourth-order valence-electron chi connectivity index (χ4n) is 2.44. The second kappa shape index (κ2) is 5.73. The number of hydrogen-bond donors (Lipinski definition) is 1. The highest BCUT2D eigenvalue weighted by molar-refractivity contribution is 9.10. The molecule has 0 atom stereocenters. The molecule has 0 saturated heterocycles. The first-order chi connectivity index (χ1) is 10.00. The maximum absolute atomic E-state index is 6.30. The van der Waals surface area contributed by atoms with Crippen molar-refractivity contribution in [3.05, 3.63) is 52.0 Å². The average Bonchev–Trinajstić information content (AvgIpc) is 2.39. The third-order valence-electron chi connectivity index (χ3n) is 4.06. The molecule has 2 aromatic carbocycles. The van der Waals surface area contributed by atoms with Gasteiger partial charge >= 0.3 is 0 Å². The highest BCUT2D eigenvalue weighted by Gasteiger charge is 2.18. The van der Waals surface area contributed by atoms with E-state index in [1.165, 1.54) is 11.1 Å². The molecular weight excluding hydrogens is 334 g/mol. The Morgan fingerprint density at radius 1 is 0.773 bits per heavy atom. The van der Waals surface area contributed by atoms with Gasteiger partial charge in [-0.1, -0.05) is 65.8 Å². The van der Waals surface area contributed by atoms with Crippen LogP contribution in [0.3, 0.4) is 0 Å². The van der Waals surface area contributed by atoms with Crippen molar-refractivity contribution in [2.75, 3.05) is 5.73 Å². The second-order valence-electron chi connectivity index (χ2n) is 8.00. The molecule has 0 fully saturated rings. The van der Waals surface area contributed by atoms with Gasteiger partial charge in [0.15, 0.2) is 0 Å². The van der Waals surface area contributed by atoms with Gasteiger partial charge in [-0.3, -0.25) is 0 Å². The maximum atomic E-state index is 6.30. The van der Waals surface area contributed by atoms with Crippen molar-refractivity contribution < 1.29 is 0 Å². The average molecular weight is 360 g/mol. The van der Waals surface area contributed by atoms with E-state index in [9.17, 15) is 0 Å². The largest absolute Gasteiger partial charge is 0.397 e. The minimum atomic E-state index is 0.0936. The van der Waals surface area contributed by atoms with Gasteiger partial charge in [0.05, 0.1) is 5.69 Å². The number of rotatable bonds is 1. The minimum absolute atomic E-state index is 0.0936. The van der Waals surface area contributed by atoms with Gasteiger partial charge in [0, 0.05) is 10.0 Å². The van der Waals surface area contributed by atoms with Gasteiger partial charge in [-0.25, -0.2) is 0 Å². The van der Waals surface area contributed by atoms with Gasteiger partial charge in [-0.05, 0) is 55.6 Å². The summed E-state index contributed by atoms with van der Waals surface area (Å²) in [6, 6.07) is 13.1. The molecule has 2 heteroatoms. The lowest BCUT2D eigenvalue weighted by atomic mass is 9.84. The molecule has 2 rings (SSSR count). The van der Waals surface area contributed by atoms with Crippen molar-refractivity contribution >= 4 is 21.6 Å². The van der Waals surface area contributed by atoms with Crippen molar-refractivity contribution in [3.63, 3.8) is 0 Å². The van der Waals surface area contributed by atoms with Crippen LogP contribution in [0.1, 0.15) is 52.7 Å². The lowest BCUT2D eigenvalue weighted by Crippen LogP contribution is -2.12. The summed E-state index contributed by atoms with van der Waals surface area (Å²) < 4.78 is 0.967. The van der Waals surface area contributed by atoms with Crippen molar-refractivity contribution in [3.8, 4) is 11.1 Å². The molecule has 0 aliphatic heterocycles. The Hall–Kier alpha value is -1.28. The van der Waals surface area contributed by atoms with Crippen LogP contribution < -0.4 is 5.73 Å². The number of hydrogen-bond acceptors (Lipinski definition) is 1. The Balaban J connectivity index is 2.55. The first-order valence-electron chi connectivity index (χ1n) is 7.70. The first kappa shape index (κ1) is 17.1. The van der Waals surface area contributed by atoms with E-state index in [-0.39, 0.29) is 10.8 Å². The Morgan fingerprint density at radius 2 is 1.27 bits per heavy atom. The molecule has 0 aromatic heterocycles. The van der Waals surface area contributed by atoms with E-state index in [0.717, 1.165) is 21.3 Å². The standard InChI is InChI=1S/C20H26BrN/c1-19(2,3)14-9-7-13(8-10-14)16-11-15(20(4,5)6)12-17(21)18(16)22/h7-12H,22H2,1-6H3. The van der Waals surface area contributed by atoms with Gasteiger partial charge < -0.3 is 5.73 Å². The normalized spacial score (nSPS) is 12.5. The van der Waals surface area contributed by atoms with E-state index in [0.29, 0.717) is 0 Å². The van der Waals surface area contributed by atoms with Crippen LogP contribution in [-0.2, 0) is 10.8 Å². The summed E-state index contributed by atoms with van der Waals surface area (Å²) in [5.74, 6) is 0. The summed E-state index contributed by atoms with van der Waals surface area (Å²) in [7, 11) is 0. The molecule has 0 aliphatic rings. The van der Waals surface area contributed by atoms with E-state index in [4.69, 9.17) is 5.73 Å². The summed E-state index contributed by atoms with van der Waals surface area (Å²) in [6.07, 6.45) is 0. The molecular formula is C20H26BrN. The molecule has 1 nitrogen and oxygen atoms in total. The molecule has 0 aliphatic carbocycles. The van der Waals surface area contributed by atoms with E-state index in [2.05, 4.69) is 93.9 Å². The van der Waals surface area contributed by atoms with E-state index in [1.807, 2.05) is 0 Å². The first-order valence-corrected chi connectivity index (χ1v) is 8.50. The van der Waals surface area contributed by atoms with Crippen molar-refractivity contribution in [2.24, 2.45) is 0 Å². The highest BCUT2D eigenvalue weighted by atomic mass is 79.9. The van der Waals surface area contributed by atoms with Crippen LogP contribution in [0.5, 0.6) is 0 Å². The van der Waals surface area contributed by atoms with Gasteiger partial charge in [0.2, 0.25) is 0 Å². The number of benzene rings is 2. The summed E-state index contributed by atoms with van der Waals surface area (Å²) in [4.78, 5) is 0. The van der Waals surface area contributed by atoms with Gasteiger partial charge in [-0.15, -0.1) is 0 Å². The molecule has 0 spiro atoms. The Kier molecular flexibility index (Phi) is 4.45. The number of anilines is 1. The van der Waals surface area contributed by atoms with Crippen LogP contribution in [0.25, 0.3) is 11.1 Å². The fourth-order valence-corrected chi connectivity index (χ4v) is 2.90. The Labute approximate surface area is 143 Å². The molecule has 118 valence electrons. The van der Waals surface area contributed by atoms with Crippen LogP contribution >= 0.6 is 15.9 Å². The molecule has 0 bridgehead atoms. The molecule has 0 radical (unpaired) electrons. The topological polar surface area (TPSA) is 26.0 Å². The van der Waals surface area contributed by atoms with Gasteiger partial charge in [-0.2, -0.15) is 0 Å². The van der Waals surface area contributed by atoms with Crippen LogP contribution in [0, 0.1) is 0 Å². The predicted octanol–water partition coefficient (Wildman–Crippen LogP) is 6.29. The van der Waals surface area contributed by atoms with E-state index in [1.54, 1.807) is 0 Å². The number of nitrogen functional groups attached to an aromatic ring is 1. The Bertz CT molecular complexity index is 671. The molecule has 0 unspecified atom stereocenters. The summed E-state index contributed by atoms with van der Waals surface area (Å²) in [5.41, 5.74) is 12.2. The van der Waals surface area contributed by atoms with Gasteiger partial charge in [0.25, 0.3) is 0 Å². The monoisotopic (exact) mass is 359 g/mol. The summed E-state index contributed by atoms with van der Waals surface area (Å²) >= 11 is 3.61. The van der Waals surface area contributed by atoms with Crippen molar-refractivity contribution in [2.45, 2.75) is 52.4 Å². The molecule has 2 N–H and O–H groups in total. The molecule has 22 heavy (non-hydrogen) atoms. The highest BCUT2D eigenvalue weighted by Crippen LogP contribution is 2.37. The maximum Gasteiger partial charge on any atom is 0.0538 e. The molecule has 2 aromatic rings. The quantitative estimate of drug-likeness (QED) is 0.594. The van der Waals surface area contributed by atoms with Gasteiger partial charge in [0.1, 0.15) is 0 Å². The summed E-state index contributed by atoms with van der Waals surface area (Å²) in [5, 5.41) is 0. The SMILES string of the molecule is CC(C)(C)c1ccc(-c2cc(C(C)(C)C)cc(Br)c2N)cc1. The van der Waals surface area contributed by atoms with Crippen LogP contribution in [0.4, 0.5) is 5.69 Å². The lowest BCUT2D eigenvalue weighted by Gasteiger charge is -2.22. The zero-order valence-corrected chi connectivity index (χ0v) is 16.0. The number of halogens is 1. The van der Waals surface area contributed by atoms with E-state index >= 15 is 0 Å². The minimum Gasteiger partial charge on any atom is -0.397 e. The second-order valence-corrected chi connectivity index (χ2v) is 8.85. The third kappa shape index (κ3) is 3.55. The smallest absolute Gasteiger partial charge is 0.0538 e. The van der Waals surface area contributed by atoms with Crippen LogP contribution in [-0.4, -0.2) is 0 Å². The van der Waals surface area contributed by atoms with E-state index < -0.39 is 0 Å². The zero-order valence-electron chi connectivity index (χ0n) is 14.4. The molecule has 0 heterocycles. The molecule has 0 saturated carbocycles. The molecule has 0 amide bonds. The number of nitrogens with two attached hydrogens (primary N) is 1. The van der Waals surface area contributed by atoms with Crippen LogP contribution in [0.2, 0.25) is 0 Å². The summed E-state index contributed by atoms with van der Waals surface area (Å²) in [6.45, 7) is 13.3. The zero-order chi connectivity index (χ0) is 16.7.